The molecule has 1 amide bonds. The highest BCUT2D eigenvalue weighted by Crippen LogP contribution is 2.38. The summed E-state index contributed by atoms with van der Waals surface area (Å²) in [4.78, 5) is 12.8. The topological polar surface area (TPSA) is 58.6 Å². The van der Waals surface area contributed by atoms with Crippen molar-refractivity contribution in [3.8, 4) is 11.5 Å². The van der Waals surface area contributed by atoms with E-state index in [2.05, 4.69) is 5.32 Å². The molecule has 1 aliphatic carbocycles. The molecule has 0 fully saturated rings. The monoisotopic (exact) mass is 417 g/mol. The Morgan fingerprint density at radius 2 is 1.97 bits per heavy atom. The van der Waals surface area contributed by atoms with Crippen LogP contribution in [0.2, 0.25) is 0 Å². The molecular formula is C23H22F3NO3. The zero-order valence-electron chi connectivity index (χ0n) is 16.3. The molecule has 1 unspecified atom stereocenters. The van der Waals surface area contributed by atoms with E-state index in [0.29, 0.717) is 30.6 Å². The Labute approximate surface area is 172 Å². The maximum atomic E-state index is 13.0. The van der Waals surface area contributed by atoms with Crippen molar-refractivity contribution in [3.05, 3.63) is 64.7 Å². The third-order valence-corrected chi connectivity index (χ3v) is 5.57. The van der Waals surface area contributed by atoms with Crippen LogP contribution in [0, 0.1) is 0 Å². The van der Waals surface area contributed by atoms with E-state index in [1.807, 2.05) is 6.07 Å². The Morgan fingerprint density at radius 1 is 1.13 bits per heavy atom. The van der Waals surface area contributed by atoms with Crippen LogP contribution in [-0.4, -0.2) is 17.6 Å². The number of phenolic OH excluding ortho intramolecular Hbond substituents is 1. The molecule has 158 valence electrons. The van der Waals surface area contributed by atoms with E-state index in [0.717, 1.165) is 42.5 Å². The molecule has 0 bridgehead atoms. The van der Waals surface area contributed by atoms with E-state index in [9.17, 15) is 23.1 Å². The molecule has 2 aromatic rings. The Balaban J connectivity index is 1.59. The summed E-state index contributed by atoms with van der Waals surface area (Å²) in [6.07, 6.45) is 0.734. The van der Waals surface area contributed by atoms with Crippen LogP contribution in [0.4, 0.5) is 13.2 Å². The van der Waals surface area contributed by atoms with Crippen molar-refractivity contribution in [2.24, 2.45) is 0 Å². The molecule has 0 spiro atoms. The molecule has 4 rings (SSSR count). The van der Waals surface area contributed by atoms with Crippen LogP contribution in [0.1, 0.15) is 54.0 Å². The smallest absolute Gasteiger partial charge is 0.416 e. The number of carbonyl (C=O) groups is 1. The second-order valence-electron chi connectivity index (χ2n) is 7.67. The minimum atomic E-state index is -4.45. The third-order valence-electron chi connectivity index (χ3n) is 5.57. The first-order valence-electron chi connectivity index (χ1n) is 9.98. The van der Waals surface area contributed by atoms with Gasteiger partial charge in [-0.15, -0.1) is 0 Å². The number of allylic oxidation sites excluding steroid dienone is 1. The van der Waals surface area contributed by atoms with Gasteiger partial charge in [-0.3, -0.25) is 4.79 Å². The summed E-state index contributed by atoms with van der Waals surface area (Å²) in [6, 6.07) is 8.36. The first-order chi connectivity index (χ1) is 14.3. The fraction of sp³-hybridized carbons (Fsp3) is 0.348. The lowest BCUT2D eigenvalue weighted by molar-refractivity contribution is -0.137. The van der Waals surface area contributed by atoms with Gasteiger partial charge in [0.15, 0.2) is 0 Å². The molecule has 0 aromatic heterocycles. The maximum Gasteiger partial charge on any atom is 0.416 e. The average Bonchev–Trinajstić information content (AvgIpc) is 2.89. The summed E-state index contributed by atoms with van der Waals surface area (Å²) in [7, 11) is 0. The van der Waals surface area contributed by atoms with Gasteiger partial charge in [-0.2, -0.15) is 13.2 Å². The highest BCUT2D eigenvalue weighted by molar-refractivity contribution is 5.96. The number of rotatable bonds is 2. The SMILES string of the molecule is O=C(C=C1CCCOc2cc(C(F)(F)F)ccc21)NC1CCCc2ccc(O)cc21. The Bertz CT molecular complexity index is 998. The molecule has 2 aliphatic rings. The lowest BCUT2D eigenvalue weighted by Gasteiger charge is -2.26. The molecule has 1 aliphatic heterocycles. The average molecular weight is 417 g/mol. The van der Waals surface area contributed by atoms with Crippen LogP contribution < -0.4 is 10.1 Å². The van der Waals surface area contributed by atoms with Crippen molar-refractivity contribution in [3.63, 3.8) is 0 Å². The van der Waals surface area contributed by atoms with Crippen LogP contribution in [0.25, 0.3) is 5.57 Å². The van der Waals surface area contributed by atoms with Crippen molar-refractivity contribution < 1.29 is 27.8 Å². The number of halogens is 3. The number of nitrogens with one attached hydrogen (secondary N) is 1. The lowest BCUT2D eigenvalue weighted by atomic mass is 9.87. The van der Waals surface area contributed by atoms with Gasteiger partial charge in [0.05, 0.1) is 18.2 Å². The first kappa shape index (κ1) is 20.3. The third kappa shape index (κ3) is 4.30. The number of hydrogen-bond acceptors (Lipinski definition) is 3. The van der Waals surface area contributed by atoms with Crippen molar-refractivity contribution in [1.82, 2.24) is 5.32 Å². The summed E-state index contributed by atoms with van der Waals surface area (Å²) >= 11 is 0. The Kier molecular flexibility index (Phi) is 5.45. The van der Waals surface area contributed by atoms with Crippen LogP contribution in [0.5, 0.6) is 11.5 Å². The van der Waals surface area contributed by atoms with Crippen LogP contribution in [0.3, 0.4) is 0 Å². The Morgan fingerprint density at radius 3 is 2.77 bits per heavy atom. The number of ether oxygens (including phenoxy) is 1. The number of amides is 1. The molecule has 0 saturated carbocycles. The number of benzene rings is 2. The number of carbonyl (C=O) groups excluding carboxylic acids is 1. The van der Waals surface area contributed by atoms with E-state index < -0.39 is 11.7 Å². The molecule has 1 heterocycles. The number of alkyl halides is 3. The second-order valence-corrected chi connectivity index (χ2v) is 7.67. The first-order valence-corrected chi connectivity index (χ1v) is 9.98. The fourth-order valence-corrected chi connectivity index (χ4v) is 4.12. The largest absolute Gasteiger partial charge is 0.508 e. The van der Waals surface area contributed by atoms with Gasteiger partial charge >= 0.3 is 6.18 Å². The van der Waals surface area contributed by atoms with Gasteiger partial charge in [-0.1, -0.05) is 12.1 Å². The predicted molar refractivity (Wildman–Crippen MR) is 106 cm³/mol. The molecule has 2 N–H and O–H groups in total. The minimum absolute atomic E-state index is 0.148. The van der Waals surface area contributed by atoms with Gasteiger partial charge in [0.1, 0.15) is 11.5 Å². The molecule has 7 heteroatoms. The predicted octanol–water partition coefficient (Wildman–Crippen LogP) is 5.16. The molecule has 30 heavy (non-hydrogen) atoms. The van der Waals surface area contributed by atoms with Crippen molar-refractivity contribution in [2.45, 2.75) is 44.3 Å². The number of phenols is 1. The van der Waals surface area contributed by atoms with E-state index in [1.165, 1.54) is 12.1 Å². The summed E-state index contributed by atoms with van der Waals surface area (Å²) in [5.74, 6) is -0.00295. The van der Waals surface area contributed by atoms with Crippen molar-refractivity contribution in [1.29, 1.82) is 0 Å². The van der Waals surface area contributed by atoms with Crippen LogP contribution in [-0.2, 0) is 17.4 Å². The summed E-state index contributed by atoms with van der Waals surface area (Å²) in [6.45, 7) is 0.294. The van der Waals surface area contributed by atoms with Crippen molar-refractivity contribution >= 4 is 11.5 Å². The van der Waals surface area contributed by atoms with Crippen LogP contribution >= 0.6 is 0 Å². The Hall–Kier alpha value is -2.96. The van der Waals surface area contributed by atoms with Gasteiger partial charge in [-0.05, 0) is 73.1 Å². The van der Waals surface area contributed by atoms with E-state index in [-0.39, 0.29) is 23.4 Å². The van der Waals surface area contributed by atoms with Crippen LogP contribution in [0.15, 0.2) is 42.5 Å². The zero-order chi connectivity index (χ0) is 21.3. The number of aromatic hydroxyl groups is 1. The number of fused-ring (bicyclic) bond motifs is 2. The quantitative estimate of drug-likeness (QED) is 0.664. The highest BCUT2D eigenvalue weighted by Gasteiger charge is 2.32. The van der Waals surface area contributed by atoms with E-state index in [4.69, 9.17) is 4.74 Å². The van der Waals surface area contributed by atoms with Gasteiger partial charge in [0.2, 0.25) is 5.91 Å². The van der Waals surface area contributed by atoms with Gasteiger partial charge in [0.25, 0.3) is 0 Å². The van der Waals surface area contributed by atoms with E-state index in [1.54, 1.807) is 12.1 Å². The van der Waals surface area contributed by atoms with Gasteiger partial charge in [-0.25, -0.2) is 0 Å². The van der Waals surface area contributed by atoms with Gasteiger partial charge in [0, 0.05) is 11.6 Å². The van der Waals surface area contributed by atoms with Gasteiger partial charge < -0.3 is 15.2 Å². The molecule has 2 aromatic carbocycles. The fourth-order valence-electron chi connectivity index (χ4n) is 4.12. The maximum absolute atomic E-state index is 13.0. The summed E-state index contributed by atoms with van der Waals surface area (Å²) < 4.78 is 44.6. The summed E-state index contributed by atoms with van der Waals surface area (Å²) in [5, 5.41) is 12.8. The van der Waals surface area contributed by atoms with Crippen molar-refractivity contribution in [2.75, 3.05) is 6.61 Å². The molecule has 1 atom stereocenters. The van der Waals surface area contributed by atoms with E-state index >= 15 is 0 Å². The zero-order valence-corrected chi connectivity index (χ0v) is 16.3. The molecule has 0 radical (unpaired) electrons. The molecule has 0 saturated heterocycles. The number of aryl methyl sites for hydroxylation is 1. The minimum Gasteiger partial charge on any atom is -0.508 e. The molecular weight excluding hydrogens is 395 g/mol. The second kappa shape index (κ2) is 8.05. The lowest BCUT2D eigenvalue weighted by Crippen LogP contribution is -2.29. The standard InChI is InChI=1S/C23H22F3NO3/c24-23(25,26)16-7-9-18-15(4-2-10-30-21(18)12-16)11-22(29)27-20-5-1-3-14-6-8-17(28)13-19(14)20/h6-9,11-13,20,28H,1-5,10H2,(H,27,29). The summed E-state index contributed by atoms with van der Waals surface area (Å²) in [5.41, 5.74) is 2.40. The highest BCUT2D eigenvalue weighted by atomic mass is 19.4. The number of hydrogen-bond donors (Lipinski definition) is 2. The molecule has 4 nitrogen and oxygen atoms in total. The normalized spacial score (nSPS) is 20.0.